The average Bonchev–Trinajstić information content (AvgIpc) is 2.90. The molecule has 2 N–H and O–H groups in total. The highest BCUT2D eigenvalue weighted by atomic mass is 79.9. The van der Waals surface area contributed by atoms with Crippen molar-refractivity contribution >= 4 is 15.9 Å². The van der Waals surface area contributed by atoms with E-state index in [4.69, 9.17) is 4.74 Å². The van der Waals surface area contributed by atoms with Crippen molar-refractivity contribution in [3.05, 3.63) is 41.0 Å². The number of hydrogen-bond acceptors (Lipinski definition) is 6. The molecule has 2 rings (SSSR count). The van der Waals surface area contributed by atoms with E-state index in [9.17, 15) is 5.11 Å². The Morgan fingerprint density at radius 2 is 2.37 bits per heavy atom. The van der Waals surface area contributed by atoms with E-state index in [0.717, 1.165) is 4.47 Å². The Bertz CT molecular complexity index is 493. The van der Waals surface area contributed by atoms with Crippen molar-refractivity contribution in [3.8, 4) is 5.75 Å². The Labute approximate surface area is 118 Å². The van der Waals surface area contributed by atoms with Gasteiger partial charge in [-0.2, -0.15) is 4.98 Å². The molecule has 0 radical (unpaired) electrons. The van der Waals surface area contributed by atoms with Crippen LogP contribution in [-0.2, 0) is 6.54 Å². The molecule has 1 heterocycles. The summed E-state index contributed by atoms with van der Waals surface area (Å²) in [6.45, 7) is 1.06. The van der Waals surface area contributed by atoms with Crippen LogP contribution >= 0.6 is 15.9 Å². The molecule has 1 atom stereocenters. The summed E-state index contributed by atoms with van der Waals surface area (Å²) in [5, 5.41) is 16.4. The van der Waals surface area contributed by atoms with Crippen LogP contribution in [0.2, 0.25) is 0 Å². The molecule has 2 aromatic rings. The molecule has 102 valence electrons. The molecule has 1 aromatic heterocycles. The number of aliphatic hydroxyl groups excluding tert-OH is 1. The maximum absolute atomic E-state index is 9.74. The first-order valence-electron chi connectivity index (χ1n) is 5.76. The highest BCUT2D eigenvalue weighted by Crippen LogP contribution is 2.17. The van der Waals surface area contributed by atoms with Gasteiger partial charge in [0.05, 0.1) is 6.54 Å². The van der Waals surface area contributed by atoms with Gasteiger partial charge in [-0.05, 0) is 18.2 Å². The fourth-order valence-electron chi connectivity index (χ4n) is 1.43. The number of hydrogen-bond donors (Lipinski definition) is 2. The van der Waals surface area contributed by atoms with Gasteiger partial charge in [-0.1, -0.05) is 27.2 Å². The van der Waals surface area contributed by atoms with Gasteiger partial charge in [0.25, 0.3) is 0 Å². The lowest BCUT2D eigenvalue weighted by Crippen LogP contribution is -2.31. The second kappa shape index (κ2) is 7.22. The maximum atomic E-state index is 9.74. The highest BCUT2D eigenvalue weighted by molar-refractivity contribution is 9.10. The normalized spacial score (nSPS) is 12.3. The molecule has 0 aliphatic rings. The Morgan fingerprint density at radius 3 is 3.11 bits per heavy atom. The molecule has 7 heteroatoms. The van der Waals surface area contributed by atoms with Gasteiger partial charge in [-0.15, -0.1) is 0 Å². The van der Waals surface area contributed by atoms with Crippen molar-refractivity contribution in [2.24, 2.45) is 0 Å². The van der Waals surface area contributed by atoms with E-state index >= 15 is 0 Å². The summed E-state index contributed by atoms with van der Waals surface area (Å²) >= 11 is 3.36. The fraction of sp³-hybridized carbons (Fsp3) is 0.333. The molecule has 1 unspecified atom stereocenters. The Kier molecular flexibility index (Phi) is 5.31. The number of aromatic nitrogens is 2. The van der Waals surface area contributed by atoms with E-state index in [1.165, 1.54) is 6.39 Å². The van der Waals surface area contributed by atoms with Crippen LogP contribution < -0.4 is 10.1 Å². The van der Waals surface area contributed by atoms with E-state index in [2.05, 4.69) is 35.9 Å². The molecule has 0 aliphatic carbocycles. The number of halogens is 1. The van der Waals surface area contributed by atoms with Crippen LogP contribution in [0.1, 0.15) is 5.82 Å². The minimum absolute atomic E-state index is 0.218. The molecule has 6 nitrogen and oxygen atoms in total. The number of aliphatic hydroxyl groups is 1. The van der Waals surface area contributed by atoms with Crippen LogP contribution in [0.3, 0.4) is 0 Å². The third kappa shape index (κ3) is 4.98. The zero-order chi connectivity index (χ0) is 13.5. The monoisotopic (exact) mass is 327 g/mol. The second-order valence-corrected chi connectivity index (χ2v) is 4.82. The predicted octanol–water partition coefficient (Wildman–Crippen LogP) is 1.36. The third-order valence-electron chi connectivity index (χ3n) is 2.31. The molecule has 0 bridgehead atoms. The van der Waals surface area contributed by atoms with Gasteiger partial charge in [0.1, 0.15) is 18.5 Å². The van der Waals surface area contributed by atoms with Gasteiger partial charge in [0, 0.05) is 11.0 Å². The van der Waals surface area contributed by atoms with Crippen molar-refractivity contribution in [1.82, 2.24) is 15.5 Å². The van der Waals surface area contributed by atoms with Crippen molar-refractivity contribution in [2.45, 2.75) is 12.6 Å². The molecule has 19 heavy (non-hydrogen) atoms. The third-order valence-corrected chi connectivity index (χ3v) is 2.80. The molecular weight excluding hydrogens is 314 g/mol. The van der Waals surface area contributed by atoms with Crippen molar-refractivity contribution < 1.29 is 14.4 Å². The van der Waals surface area contributed by atoms with Crippen molar-refractivity contribution in [3.63, 3.8) is 0 Å². The Hall–Kier alpha value is -1.44. The second-order valence-electron chi connectivity index (χ2n) is 3.90. The minimum atomic E-state index is -0.606. The standard InChI is InChI=1S/C12H14BrN3O3/c13-9-2-1-3-11(4-9)18-7-10(17)5-14-6-12-15-8-19-16-12/h1-4,8,10,14,17H,5-7H2. The quantitative estimate of drug-likeness (QED) is 0.799. The fourth-order valence-corrected chi connectivity index (χ4v) is 1.81. The highest BCUT2D eigenvalue weighted by Gasteiger charge is 2.06. The lowest BCUT2D eigenvalue weighted by atomic mass is 10.3. The van der Waals surface area contributed by atoms with E-state index in [1.807, 2.05) is 24.3 Å². The predicted molar refractivity (Wildman–Crippen MR) is 71.6 cm³/mol. The summed E-state index contributed by atoms with van der Waals surface area (Å²) in [5.74, 6) is 1.27. The summed E-state index contributed by atoms with van der Waals surface area (Å²) < 4.78 is 11.0. The van der Waals surface area contributed by atoms with Gasteiger partial charge in [0.15, 0.2) is 5.82 Å². The van der Waals surface area contributed by atoms with Gasteiger partial charge in [-0.3, -0.25) is 0 Å². The molecule has 0 spiro atoms. The molecule has 0 aliphatic heterocycles. The van der Waals surface area contributed by atoms with Crippen LogP contribution in [-0.4, -0.2) is 34.5 Å². The first-order chi connectivity index (χ1) is 9.24. The van der Waals surface area contributed by atoms with E-state index in [1.54, 1.807) is 0 Å². The molecule has 0 saturated carbocycles. The van der Waals surface area contributed by atoms with Gasteiger partial charge in [0.2, 0.25) is 6.39 Å². The number of benzene rings is 1. The summed E-state index contributed by atoms with van der Waals surface area (Å²) in [6.07, 6.45) is 0.662. The maximum Gasteiger partial charge on any atom is 0.213 e. The zero-order valence-corrected chi connectivity index (χ0v) is 11.7. The number of ether oxygens (including phenoxy) is 1. The van der Waals surface area contributed by atoms with Crippen LogP contribution in [0.4, 0.5) is 0 Å². The molecular formula is C12H14BrN3O3. The van der Waals surface area contributed by atoms with Crippen molar-refractivity contribution in [1.29, 1.82) is 0 Å². The lowest BCUT2D eigenvalue weighted by Gasteiger charge is -2.12. The molecule has 0 fully saturated rings. The number of nitrogens with zero attached hydrogens (tertiary/aromatic N) is 2. The largest absolute Gasteiger partial charge is 0.491 e. The van der Waals surface area contributed by atoms with Gasteiger partial charge < -0.3 is 19.7 Å². The smallest absolute Gasteiger partial charge is 0.213 e. The number of nitrogens with one attached hydrogen (secondary N) is 1. The zero-order valence-electron chi connectivity index (χ0n) is 10.1. The topological polar surface area (TPSA) is 80.4 Å². The van der Waals surface area contributed by atoms with Crippen LogP contribution in [0.25, 0.3) is 0 Å². The van der Waals surface area contributed by atoms with Crippen LogP contribution in [0.15, 0.2) is 39.7 Å². The molecule has 1 aromatic carbocycles. The summed E-state index contributed by atoms with van der Waals surface area (Å²) in [4.78, 5) is 3.86. The Balaban J connectivity index is 1.65. The summed E-state index contributed by atoms with van der Waals surface area (Å²) in [6, 6.07) is 7.47. The first-order valence-corrected chi connectivity index (χ1v) is 6.56. The Morgan fingerprint density at radius 1 is 1.47 bits per heavy atom. The van der Waals surface area contributed by atoms with Gasteiger partial charge in [-0.25, -0.2) is 0 Å². The van der Waals surface area contributed by atoms with Crippen molar-refractivity contribution in [2.75, 3.05) is 13.2 Å². The molecule has 0 saturated heterocycles. The first kappa shape index (κ1) is 14.0. The van der Waals surface area contributed by atoms with Gasteiger partial charge >= 0.3 is 0 Å². The lowest BCUT2D eigenvalue weighted by molar-refractivity contribution is 0.106. The van der Waals surface area contributed by atoms with E-state index in [0.29, 0.717) is 24.7 Å². The number of rotatable bonds is 7. The summed E-state index contributed by atoms with van der Waals surface area (Å²) in [5.41, 5.74) is 0. The van der Waals surface area contributed by atoms with Crippen LogP contribution in [0.5, 0.6) is 5.75 Å². The van der Waals surface area contributed by atoms with Crippen LogP contribution in [0, 0.1) is 0 Å². The average molecular weight is 328 g/mol. The minimum Gasteiger partial charge on any atom is -0.491 e. The van der Waals surface area contributed by atoms with E-state index in [-0.39, 0.29) is 6.61 Å². The summed E-state index contributed by atoms with van der Waals surface area (Å²) in [7, 11) is 0. The van der Waals surface area contributed by atoms with E-state index < -0.39 is 6.10 Å². The SMILES string of the molecule is OC(CNCc1ncon1)COc1cccc(Br)c1. The molecule has 0 amide bonds.